The zero-order valence-electron chi connectivity index (χ0n) is 31.5. The molecule has 0 N–H and O–H groups in total. The summed E-state index contributed by atoms with van der Waals surface area (Å²) in [7, 11) is 0. The largest absolute Gasteiger partial charge is 0.309 e. The Morgan fingerprint density at radius 1 is 0.232 bits per heavy atom. The molecule has 10 rings (SSSR count). The smallest absolute Gasteiger partial charge is 0.0618 e. The molecule has 0 aliphatic rings. The lowest BCUT2D eigenvalue weighted by Crippen LogP contribution is -2.12. The third kappa shape index (κ3) is 5.58. The third-order valence-electron chi connectivity index (χ3n) is 11.1. The average molecular weight is 717 g/mol. The summed E-state index contributed by atoms with van der Waals surface area (Å²) in [6, 6.07) is 75.3. The maximum absolute atomic E-state index is 2.44. The minimum atomic E-state index is 1.12. The van der Waals surface area contributed by atoms with Crippen LogP contribution in [0.2, 0.25) is 0 Å². The molecule has 0 atom stereocenters. The number of para-hydroxylation sites is 2. The van der Waals surface area contributed by atoms with E-state index in [1.54, 1.807) is 0 Å². The third-order valence-corrected chi connectivity index (χ3v) is 11.1. The molecule has 0 aliphatic heterocycles. The number of nitrogens with zero attached hydrogens (tertiary/aromatic N) is 2. The van der Waals surface area contributed by atoms with Gasteiger partial charge in [-0.05, 0) is 95.1 Å². The van der Waals surface area contributed by atoms with E-state index >= 15 is 0 Å². The first-order valence-electron chi connectivity index (χ1n) is 19.4. The maximum Gasteiger partial charge on any atom is 0.0618 e. The second kappa shape index (κ2) is 13.9. The highest BCUT2D eigenvalue weighted by atomic mass is 15.2. The first-order valence-corrected chi connectivity index (χ1v) is 19.4. The highest BCUT2D eigenvalue weighted by molar-refractivity contribution is 6.30. The van der Waals surface area contributed by atoms with Crippen molar-refractivity contribution in [2.45, 2.75) is 13.8 Å². The molecule has 266 valence electrons. The van der Waals surface area contributed by atoms with Crippen LogP contribution in [0.3, 0.4) is 0 Å². The van der Waals surface area contributed by atoms with E-state index in [2.05, 4.69) is 230 Å². The maximum atomic E-state index is 2.44. The van der Waals surface area contributed by atoms with Crippen LogP contribution in [0.25, 0.3) is 54.2 Å². The van der Waals surface area contributed by atoms with Gasteiger partial charge in [0.05, 0.1) is 11.4 Å². The second-order valence-electron chi connectivity index (χ2n) is 14.6. The van der Waals surface area contributed by atoms with Gasteiger partial charge >= 0.3 is 0 Å². The monoisotopic (exact) mass is 716 g/mol. The van der Waals surface area contributed by atoms with Crippen molar-refractivity contribution >= 4 is 77.2 Å². The summed E-state index contributed by atoms with van der Waals surface area (Å²) < 4.78 is 0. The number of rotatable bonds is 7. The van der Waals surface area contributed by atoms with E-state index in [1.165, 1.54) is 76.7 Å². The Morgan fingerprint density at radius 2 is 0.464 bits per heavy atom. The first kappa shape index (κ1) is 33.4. The number of fused-ring (bicyclic) bond motifs is 4. The highest BCUT2D eigenvalue weighted by Crippen LogP contribution is 2.53. The SMILES string of the molecule is Cc1ccc(N(c2ccccc2)c2c3ccccc3c(-c3c4ccccc4c(N(c4ccccc4)c4ccc(C)cc4)c4ccccc34)c3ccccc23)cc1. The topological polar surface area (TPSA) is 6.48 Å². The zero-order chi connectivity index (χ0) is 37.6. The predicted molar refractivity (Wildman–Crippen MR) is 241 cm³/mol. The number of benzene rings is 10. The van der Waals surface area contributed by atoms with Gasteiger partial charge in [-0.1, -0.05) is 169 Å². The van der Waals surface area contributed by atoms with Gasteiger partial charge in [-0.2, -0.15) is 0 Å². The molecule has 0 saturated carbocycles. The van der Waals surface area contributed by atoms with Crippen LogP contribution in [0.15, 0.2) is 206 Å². The molecule has 56 heavy (non-hydrogen) atoms. The van der Waals surface area contributed by atoms with Gasteiger partial charge < -0.3 is 9.80 Å². The zero-order valence-corrected chi connectivity index (χ0v) is 31.5. The Hall–Kier alpha value is -7.16. The summed E-state index contributed by atoms with van der Waals surface area (Å²) >= 11 is 0. The molecule has 10 aromatic carbocycles. The number of hydrogen-bond donors (Lipinski definition) is 0. The molecule has 0 saturated heterocycles. The van der Waals surface area contributed by atoms with Crippen LogP contribution in [0, 0.1) is 13.8 Å². The lowest BCUT2D eigenvalue weighted by molar-refractivity contribution is 1.30. The molecular weight excluding hydrogens is 677 g/mol. The van der Waals surface area contributed by atoms with E-state index in [0.717, 1.165) is 22.7 Å². The van der Waals surface area contributed by atoms with Gasteiger partial charge in [-0.15, -0.1) is 0 Å². The van der Waals surface area contributed by atoms with Crippen LogP contribution in [-0.4, -0.2) is 0 Å². The van der Waals surface area contributed by atoms with E-state index in [9.17, 15) is 0 Å². The van der Waals surface area contributed by atoms with Crippen LogP contribution in [0.1, 0.15) is 11.1 Å². The minimum Gasteiger partial charge on any atom is -0.309 e. The van der Waals surface area contributed by atoms with Gasteiger partial charge in [0.25, 0.3) is 0 Å². The Morgan fingerprint density at radius 3 is 0.750 bits per heavy atom. The molecule has 10 aromatic rings. The molecule has 2 nitrogen and oxygen atoms in total. The van der Waals surface area contributed by atoms with E-state index in [4.69, 9.17) is 0 Å². The van der Waals surface area contributed by atoms with Gasteiger partial charge in [-0.25, -0.2) is 0 Å². The molecule has 0 radical (unpaired) electrons. The van der Waals surface area contributed by atoms with Crippen LogP contribution < -0.4 is 9.80 Å². The minimum absolute atomic E-state index is 1.12. The van der Waals surface area contributed by atoms with E-state index in [1.807, 2.05) is 0 Å². The van der Waals surface area contributed by atoms with Crippen molar-refractivity contribution in [1.29, 1.82) is 0 Å². The molecule has 0 fully saturated rings. The Kier molecular flexibility index (Phi) is 8.30. The number of anilines is 6. The molecule has 0 unspecified atom stereocenters. The Balaban J connectivity index is 1.34. The highest BCUT2D eigenvalue weighted by Gasteiger charge is 2.26. The molecule has 0 heterocycles. The summed E-state index contributed by atoms with van der Waals surface area (Å²) in [5.74, 6) is 0. The fraction of sp³-hybridized carbons (Fsp3) is 0.0370. The molecule has 0 aromatic heterocycles. The average Bonchev–Trinajstić information content (AvgIpc) is 3.26. The van der Waals surface area contributed by atoms with Gasteiger partial charge in [0.15, 0.2) is 0 Å². The molecule has 0 aliphatic carbocycles. The number of aryl methyl sites for hydroxylation is 2. The molecule has 2 heteroatoms. The fourth-order valence-electron chi connectivity index (χ4n) is 8.59. The van der Waals surface area contributed by atoms with Gasteiger partial charge in [-0.3, -0.25) is 0 Å². The van der Waals surface area contributed by atoms with Crippen molar-refractivity contribution in [1.82, 2.24) is 0 Å². The van der Waals surface area contributed by atoms with E-state index in [0.29, 0.717) is 0 Å². The van der Waals surface area contributed by atoms with Gasteiger partial charge in [0, 0.05) is 44.3 Å². The lowest BCUT2D eigenvalue weighted by Gasteiger charge is -2.31. The molecule has 0 bridgehead atoms. The van der Waals surface area contributed by atoms with Crippen LogP contribution in [0.5, 0.6) is 0 Å². The fourth-order valence-corrected chi connectivity index (χ4v) is 8.59. The second-order valence-corrected chi connectivity index (χ2v) is 14.6. The summed E-state index contributed by atoms with van der Waals surface area (Å²) in [4.78, 5) is 4.87. The van der Waals surface area contributed by atoms with E-state index < -0.39 is 0 Å². The standard InChI is InChI=1S/C54H40N2/c1-37-29-33-41(34-30-37)55(39-17-5-3-6-18-39)53-47-25-13-9-21-43(47)51(44-22-10-14-26-48(44)53)52-45-23-11-15-27-49(45)54(50-28-16-12-24-46(50)52)56(40-19-7-4-8-20-40)42-35-31-38(2)32-36-42/h3-36H,1-2H3. The summed E-state index contributed by atoms with van der Waals surface area (Å²) in [6.07, 6.45) is 0. The van der Waals surface area contributed by atoms with Crippen molar-refractivity contribution in [3.63, 3.8) is 0 Å². The quantitative estimate of drug-likeness (QED) is 0.152. The van der Waals surface area contributed by atoms with Crippen LogP contribution >= 0.6 is 0 Å². The van der Waals surface area contributed by atoms with E-state index in [-0.39, 0.29) is 0 Å². The molecular formula is C54H40N2. The normalized spacial score (nSPS) is 11.4. The first-order chi connectivity index (χ1) is 27.7. The van der Waals surface area contributed by atoms with Gasteiger partial charge in [0.1, 0.15) is 0 Å². The lowest BCUT2D eigenvalue weighted by atomic mass is 9.84. The van der Waals surface area contributed by atoms with Crippen LogP contribution in [-0.2, 0) is 0 Å². The van der Waals surface area contributed by atoms with Crippen LogP contribution in [0.4, 0.5) is 34.1 Å². The molecule has 0 spiro atoms. The Bertz CT molecular complexity index is 2700. The van der Waals surface area contributed by atoms with Crippen molar-refractivity contribution in [2.75, 3.05) is 9.80 Å². The summed E-state index contributed by atoms with van der Waals surface area (Å²) in [5, 5.41) is 9.68. The summed E-state index contributed by atoms with van der Waals surface area (Å²) in [6.45, 7) is 4.30. The van der Waals surface area contributed by atoms with Crippen molar-refractivity contribution in [2.24, 2.45) is 0 Å². The number of hydrogen-bond acceptors (Lipinski definition) is 2. The van der Waals surface area contributed by atoms with Gasteiger partial charge in [0.2, 0.25) is 0 Å². The summed E-state index contributed by atoms with van der Waals surface area (Å²) in [5.41, 5.74) is 11.8. The van der Waals surface area contributed by atoms with Crippen molar-refractivity contribution in [3.05, 3.63) is 217 Å². The van der Waals surface area contributed by atoms with Crippen molar-refractivity contribution in [3.8, 4) is 11.1 Å². The molecule has 0 amide bonds. The van der Waals surface area contributed by atoms with Crippen molar-refractivity contribution < 1.29 is 0 Å². The Labute approximate surface area is 328 Å². The predicted octanol–water partition coefficient (Wildman–Crippen LogP) is 15.5.